The summed E-state index contributed by atoms with van der Waals surface area (Å²) in [5.74, 6) is 3.28. The zero-order chi connectivity index (χ0) is 8.39. The minimum Gasteiger partial charge on any atom is -0.0622 e. The molecule has 3 unspecified atom stereocenters. The first kappa shape index (κ1) is 8.59. The zero-order valence-electron chi connectivity index (χ0n) is 8.39. The van der Waals surface area contributed by atoms with Gasteiger partial charge in [-0.25, -0.2) is 0 Å². The van der Waals surface area contributed by atoms with Crippen molar-refractivity contribution in [1.82, 2.24) is 0 Å². The van der Waals surface area contributed by atoms with Gasteiger partial charge in [-0.3, -0.25) is 0 Å². The quantitative estimate of drug-likeness (QED) is 0.510. The van der Waals surface area contributed by atoms with Gasteiger partial charge >= 0.3 is 0 Å². The smallest absolute Gasteiger partial charge is 0.0360 e. The van der Waals surface area contributed by atoms with Crippen LogP contribution in [0.5, 0.6) is 0 Å². The van der Waals surface area contributed by atoms with Crippen molar-refractivity contribution < 1.29 is 0 Å². The van der Waals surface area contributed by atoms with Gasteiger partial charge in [0.25, 0.3) is 0 Å². The standard InChI is InChI=1S/C12H22/c1-10-6-5-8-11-7-3-2-4-9-12(10)11/h10-12H,2-9H2,1H3. The molecule has 0 spiro atoms. The third-order valence-corrected chi connectivity index (χ3v) is 4.18. The lowest BCUT2D eigenvalue weighted by Gasteiger charge is -2.35. The molecule has 0 amide bonds. The highest BCUT2D eigenvalue weighted by atomic mass is 14.4. The van der Waals surface area contributed by atoms with E-state index in [1.807, 2.05) is 0 Å². The second kappa shape index (κ2) is 3.81. The average Bonchev–Trinajstić information content (AvgIpc) is 2.30. The first-order valence-corrected chi connectivity index (χ1v) is 5.88. The van der Waals surface area contributed by atoms with Crippen molar-refractivity contribution in [3.63, 3.8) is 0 Å². The van der Waals surface area contributed by atoms with E-state index >= 15 is 0 Å². The predicted molar refractivity (Wildman–Crippen MR) is 53.1 cm³/mol. The fourth-order valence-electron chi connectivity index (χ4n) is 3.44. The molecule has 12 heavy (non-hydrogen) atoms. The van der Waals surface area contributed by atoms with E-state index in [9.17, 15) is 0 Å². The number of rotatable bonds is 0. The Bertz CT molecular complexity index is 139. The summed E-state index contributed by atoms with van der Waals surface area (Å²) in [6.45, 7) is 2.49. The Kier molecular flexibility index (Phi) is 2.73. The molecule has 2 aliphatic rings. The third-order valence-electron chi connectivity index (χ3n) is 4.18. The molecule has 0 radical (unpaired) electrons. The Morgan fingerprint density at radius 3 is 2.42 bits per heavy atom. The van der Waals surface area contributed by atoms with Gasteiger partial charge in [-0.2, -0.15) is 0 Å². The summed E-state index contributed by atoms with van der Waals surface area (Å²) in [4.78, 5) is 0. The maximum Gasteiger partial charge on any atom is -0.0360 e. The van der Waals surface area contributed by atoms with E-state index < -0.39 is 0 Å². The van der Waals surface area contributed by atoms with Crippen molar-refractivity contribution in [2.45, 2.75) is 58.3 Å². The highest BCUT2D eigenvalue weighted by Gasteiger charge is 2.30. The largest absolute Gasteiger partial charge is 0.0622 e. The highest BCUT2D eigenvalue weighted by molar-refractivity contribution is 4.81. The Labute approximate surface area is 76.7 Å². The molecule has 0 aliphatic heterocycles. The summed E-state index contributed by atoms with van der Waals surface area (Å²) in [5, 5.41) is 0. The Morgan fingerprint density at radius 2 is 1.50 bits per heavy atom. The third kappa shape index (κ3) is 1.67. The highest BCUT2D eigenvalue weighted by Crippen LogP contribution is 2.42. The van der Waals surface area contributed by atoms with Crippen LogP contribution in [-0.4, -0.2) is 0 Å². The minimum absolute atomic E-state index is 1.04. The maximum absolute atomic E-state index is 2.49. The monoisotopic (exact) mass is 166 g/mol. The topological polar surface area (TPSA) is 0 Å². The molecule has 2 fully saturated rings. The van der Waals surface area contributed by atoms with Gasteiger partial charge in [-0.15, -0.1) is 0 Å². The Morgan fingerprint density at radius 1 is 0.750 bits per heavy atom. The molecule has 0 saturated heterocycles. The van der Waals surface area contributed by atoms with Gasteiger partial charge in [0.2, 0.25) is 0 Å². The van der Waals surface area contributed by atoms with E-state index in [2.05, 4.69) is 6.92 Å². The molecule has 0 N–H and O–H groups in total. The molecule has 2 aliphatic carbocycles. The second-order valence-corrected chi connectivity index (χ2v) is 4.97. The second-order valence-electron chi connectivity index (χ2n) is 4.97. The van der Waals surface area contributed by atoms with Crippen LogP contribution in [0, 0.1) is 17.8 Å². The van der Waals surface area contributed by atoms with Crippen LogP contribution < -0.4 is 0 Å². The lowest BCUT2D eigenvalue weighted by atomic mass is 9.71. The molecular formula is C12H22. The summed E-state index contributed by atoms with van der Waals surface area (Å²) in [7, 11) is 0. The van der Waals surface area contributed by atoms with E-state index in [1.165, 1.54) is 32.1 Å². The van der Waals surface area contributed by atoms with Crippen LogP contribution in [-0.2, 0) is 0 Å². The lowest BCUT2D eigenvalue weighted by Crippen LogP contribution is -2.25. The summed E-state index contributed by atoms with van der Waals surface area (Å²) in [6, 6.07) is 0. The number of hydrogen-bond acceptors (Lipinski definition) is 0. The lowest BCUT2D eigenvalue weighted by molar-refractivity contribution is 0.155. The molecule has 0 aromatic rings. The predicted octanol–water partition coefficient (Wildman–Crippen LogP) is 4.00. The zero-order valence-corrected chi connectivity index (χ0v) is 8.39. The van der Waals surface area contributed by atoms with Gasteiger partial charge in [-0.1, -0.05) is 51.9 Å². The van der Waals surface area contributed by atoms with Crippen LogP contribution in [0.15, 0.2) is 0 Å². The van der Waals surface area contributed by atoms with Crippen LogP contribution >= 0.6 is 0 Å². The van der Waals surface area contributed by atoms with Crippen LogP contribution in [0.1, 0.15) is 58.3 Å². The normalized spacial score (nSPS) is 43.2. The molecule has 3 atom stereocenters. The molecular weight excluding hydrogens is 144 g/mol. The summed E-state index contributed by atoms with van der Waals surface area (Å²) in [5.41, 5.74) is 0. The Balaban J connectivity index is 2.00. The van der Waals surface area contributed by atoms with E-state index in [0.717, 1.165) is 17.8 Å². The average molecular weight is 166 g/mol. The molecule has 0 bridgehead atoms. The SMILES string of the molecule is CC1CCCC2CCCCCC12. The van der Waals surface area contributed by atoms with Crippen molar-refractivity contribution in [3.05, 3.63) is 0 Å². The summed E-state index contributed by atoms with van der Waals surface area (Å²) >= 11 is 0. The van der Waals surface area contributed by atoms with Crippen molar-refractivity contribution in [2.75, 3.05) is 0 Å². The fraction of sp³-hybridized carbons (Fsp3) is 1.00. The Hall–Kier alpha value is 0. The summed E-state index contributed by atoms with van der Waals surface area (Å²) in [6.07, 6.45) is 12.2. The molecule has 2 rings (SSSR count). The molecule has 0 heterocycles. The number of fused-ring (bicyclic) bond motifs is 1. The van der Waals surface area contributed by atoms with Crippen LogP contribution in [0.4, 0.5) is 0 Å². The van der Waals surface area contributed by atoms with Gasteiger partial charge in [0.15, 0.2) is 0 Å². The molecule has 0 aromatic carbocycles. The van der Waals surface area contributed by atoms with Crippen LogP contribution in [0.2, 0.25) is 0 Å². The molecule has 0 aromatic heterocycles. The van der Waals surface area contributed by atoms with E-state index in [4.69, 9.17) is 0 Å². The van der Waals surface area contributed by atoms with Gasteiger partial charge < -0.3 is 0 Å². The van der Waals surface area contributed by atoms with Gasteiger partial charge in [0, 0.05) is 0 Å². The number of hydrogen-bond donors (Lipinski definition) is 0. The van der Waals surface area contributed by atoms with Crippen molar-refractivity contribution in [2.24, 2.45) is 17.8 Å². The van der Waals surface area contributed by atoms with Crippen molar-refractivity contribution >= 4 is 0 Å². The van der Waals surface area contributed by atoms with Gasteiger partial charge in [0.05, 0.1) is 0 Å². The summed E-state index contributed by atoms with van der Waals surface area (Å²) < 4.78 is 0. The van der Waals surface area contributed by atoms with Gasteiger partial charge in [-0.05, 0) is 24.2 Å². The van der Waals surface area contributed by atoms with Crippen LogP contribution in [0.25, 0.3) is 0 Å². The van der Waals surface area contributed by atoms with Crippen LogP contribution in [0.3, 0.4) is 0 Å². The molecule has 70 valence electrons. The first-order chi connectivity index (χ1) is 5.88. The van der Waals surface area contributed by atoms with E-state index in [1.54, 1.807) is 19.3 Å². The molecule has 0 nitrogen and oxygen atoms in total. The van der Waals surface area contributed by atoms with Crippen molar-refractivity contribution in [1.29, 1.82) is 0 Å². The fourth-order valence-corrected chi connectivity index (χ4v) is 3.44. The minimum atomic E-state index is 1.04. The maximum atomic E-state index is 2.49. The van der Waals surface area contributed by atoms with E-state index in [0.29, 0.717) is 0 Å². The molecule has 0 heteroatoms. The van der Waals surface area contributed by atoms with E-state index in [-0.39, 0.29) is 0 Å². The van der Waals surface area contributed by atoms with Gasteiger partial charge in [0.1, 0.15) is 0 Å². The molecule has 2 saturated carbocycles. The van der Waals surface area contributed by atoms with Crippen molar-refractivity contribution in [3.8, 4) is 0 Å². The first-order valence-electron chi connectivity index (χ1n) is 5.88.